The normalized spacial score (nSPS) is 31.7. The summed E-state index contributed by atoms with van der Waals surface area (Å²) in [6, 6.07) is 0.468. The molecule has 21 heavy (non-hydrogen) atoms. The molecule has 1 spiro atoms. The van der Waals surface area contributed by atoms with Crippen molar-refractivity contribution in [2.45, 2.75) is 70.6 Å². The number of nitrogens with one attached hydrogen (secondary N) is 1. The highest BCUT2D eigenvalue weighted by molar-refractivity contribution is 7.99. The Bertz CT molecular complexity index is 310. The van der Waals surface area contributed by atoms with Crippen LogP contribution in [0.3, 0.4) is 0 Å². The van der Waals surface area contributed by atoms with Crippen LogP contribution in [0.2, 0.25) is 0 Å². The van der Waals surface area contributed by atoms with E-state index < -0.39 is 0 Å². The second-order valence-corrected chi connectivity index (χ2v) is 8.68. The van der Waals surface area contributed by atoms with Crippen LogP contribution in [-0.2, 0) is 9.47 Å². The molecule has 3 nitrogen and oxygen atoms in total. The molecular weight excluding hydrogens is 282 g/mol. The van der Waals surface area contributed by atoms with Crippen LogP contribution in [0.25, 0.3) is 0 Å². The third-order valence-electron chi connectivity index (χ3n) is 4.52. The zero-order valence-corrected chi connectivity index (χ0v) is 15.1. The van der Waals surface area contributed by atoms with Gasteiger partial charge in [0.2, 0.25) is 0 Å². The van der Waals surface area contributed by atoms with Crippen molar-refractivity contribution < 1.29 is 9.47 Å². The maximum atomic E-state index is 6.17. The topological polar surface area (TPSA) is 30.5 Å². The van der Waals surface area contributed by atoms with E-state index in [2.05, 4.69) is 44.8 Å². The van der Waals surface area contributed by atoms with Gasteiger partial charge < -0.3 is 14.8 Å². The molecule has 3 atom stereocenters. The van der Waals surface area contributed by atoms with Gasteiger partial charge in [0.1, 0.15) is 0 Å². The molecule has 4 heteroatoms. The Morgan fingerprint density at radius 1 is 1.43 bits per heavy atom. The van der Waals surface area contributed by atoms with Crippen LogP contribution in [-0.4, -0.2) is 48.5 Å². The quantitative estimate of drug-likeness (QED) is 0.813. The second kappa shape index (κ2) is 7.67. The lowest BCUT2D eigenvalue weighted by molar-refractivity contribution is -0.0960. The molecule has 0 saturated carbocycles. The summed E-state index contributed by atoms with van der Waals surface area (Å²) in [4.78, 5) is 0. The lowest BCUT2D eigenvalue weighted by Crippen LogP contribution is -2.49. The van der Waals surface area contributed by atoms with E-state index in [0.717, 1.165) is 19.8 Å². The molecule has 0 radical (unpaired) electrons. The molecule has 2 rings (SSSR count). The minimum absolute atomic E-state index is 0.0573. The van der Waals surface area contributed by atoms with Gasteiger partial charge in [-0.15, -0.1) is 0 Å². The molecule has 2 heterocycles. The third-order valence-corrected chi connectivity index (χ3v) is 5.74. The lowest BCUT2D eigenvalue weighted by Gasteiger charge is -2.41. The first-order valence-electron chi connectivity index (χ1n) is 8.53. The first-order chi connectivity index (χ1) is 9.94. The molecule has 2 aliphatic heterocycles. The van der Waals surface area contributed by atoms with Crippen LogP contribution in [0.5, 0.6) is 0 Å². The fourth-order valence-electron chi connectivity index (χ4n) is 3.30. The Kier molecular flexibility index (Phi) is 6.42. The number of thioether (sulfide) groups is 1. The third kappa shape index (κ3) is 5.42. The van der Waals surface area contributed by atoms with Gasteiger partial charge in [-0.05, 0) is 64.7 Å². The smallest absolute Gasteiger partial charge is 0.0783 e. The fourth-order valence-corrected chi connectivity index (χ4v) is 4.68. The Morgan fingerprint density at radius 3 is 2.86 bits per heavy atom. The van der Waals surface area contributed by atoms with Gasteiger partial charge in [-0.3, -0.25) is 0 Å². The predicted octanol–water partition coefficient (Wildman–Crippen LogP) is 3.47. The van der Waals surface area contributed by atoms with Crippen molar-refractivity contribution >= 4 is 11.8 Å². The molecule has 2 saturated heterocycles. The largest absolute Gasteiger partial charge is 0.374 e. The van der Waals surface area contributed by atoms with Gasteiger partial charge in [-0.2, -0.15) is 11.8 Å². The van der Waals surface area contributed by atoms with Crippen LogP contribution in [0.4, 0.5) is 0 Å². The average Bonchev–Trinajstić information content (AvgIpc) is 2.85. The van der Waals surface area contributed by atoms with Gasteiger partial charge in [0, 0.05) is 18.4 Å². The number of hydrogen-bond donors (Lipinski definition) is 1. The maximum absolute atomic E-state index is 6.17. The first-order valence-corrected chi connectivity index (χ1v) is 9.69. The summed E-state index contributed by atoms with van der Waals surface area (Å²) in [5.74, 6) is 3.13. The molecule has 0 aliphatic carbocycles. The Hall–Kier alpha value is 0.230. The SMILES string of the molecule is CCCNC(COC(C)(C)C)C1CCOC2(CCSC2)C1. The van der Waals surface area contributed by atoms with Crippen LogP contribution in [0.1, 0.15) is 53.4 Å². The summed E-state index contributed by atoms with van der Waals surface area (Å²) in [7, 11) is 0. The first kappa shape index (κ1) is 17.6. The van der Waals surface area contributed by atoms with Crippen molar-refractivity contribution in [3.05, 3.63) is 0 Å². The van der Waals surface area contributed by atoms with Gasteiger partial charge in [-0.1, -0.05) is 6.92 Å². The maximum Gasteiger partial charge on any atom is 0.0783 e. The van der Waals surface area contributed by atoms with Gasteiger partial charge in [0.15, 0.2) is 0 Å². The van der Waals surface area contributed by atoms with Crippen molar-refractivity contribution in [1.82, 2.24) is 5.32 Å². The van der Waals surface area contributed by atoms with E-state index in [1.807, 2.05) is 0 Å². The van der Waals surface area contributed by atoms with E-state index in [1.54, 1.807) is 0 Å². The fraction of sp³-hybridized carbons (Fsp3) is 1.00. The number of hydrogen-bond acceptors (Lipinski definition) is 4. The van der Waals surface area contributed by atoms with Crippen LogP contribution >= 0.6 is 11.8 Å². The van der Waals surface area contributed by atoms with Crippen LogP contribution < -0.4 is 5.32 Å². The van der Waals surface area contributed by atoms with Crippen molar-refractivity contribution in [2.24, 2.45) is 5.92 Å². The highest BCUT2D eigenvalue weighted by Crippen LogP contribution is 2.41. The average molecular weight is 316 g/mol. The van der Waals surface area contributed by atoms with Crippen molar-refractivity contribution in [1.29, 1.82) is 0 Å². The van der Waals surface area contributed by atoms with E-state index in [9.17, 15) is 0 Å². The molecule has 0 amide bonds. The highest BCUT2D eigenvalue weighted by atomic mass is 32.2. The van der Waals surface area contributed by atoms with Gasteiger partial charge >= 0.3 is 0 Å². The molecule has 0 aromatic heterocycles. The van der Waals surface area contributed by atoms with E-state index in [4.69, 9.17) is 9.47 Å². The van der Waals surface area contributed by atoms with Crippen molar-refractivity contribution in [2.75, 3.05) is 31.3 Å². The Morgan fingerprint density at radius 2 is 2.24 bits per heavy atom. The van der Waals surface area contributed by atoms with E-state index in [0.29, 0.717) is 12.0 Å². The Balaban J connectivity index is 1.94. The summed E-state index contributed by atoms with van der Waals surface area (Å²) < 4.78 is 12.3. The standard InChI is InChI=1S/C17H33NO2S/c1-5-8-18-15(12-20-16(2,3)4)14-6-9-19-17(11-14)7-10-21-13-17/h14-15,18H,5-13H2,1-4H3. The second-order valence-electron chi connectivity index (χ2n) is 7.57. The van der Waals surface area contributed by atoms with Gasteiger partial charge in [0.05, 0.1) is 17.8 Å². The van der Waals surface area contributed by atoms with E-state index >= 15 is 0 Å². The van der Waals surface area contributed by atoms with E-state index in [1.165, 1.54) is 37.2 Å². The predicted molar refractivity (Wildman–Crippen MR) is 91.1 cm³/mol. The zero-order valence-electron chi connectivity index (χ0n) is 14.2. The molecular formula is C17H33NO2S. The molecule has 124 valence electrons. The summed E-state index contributed by atoms with van der Waals surface area (Å²) >= 11 is 2.05. The lowest BCUT2D eigenvalue weighted by atomic mass is 9.81. The molecule has 3 unspecified atom stereocenters. The molecule has 0 aromatic carbocycles. The summed E-state index contributed by atoms with van der Waals surface area (Å²) in [6.45, 7) is 11.5. The summed E-state index contributed by atoms with van der Waals surface area (Å²) in [5.41, 5.74) is 0.111. The molecule has 2 aliphatic rings. The summed E-state index contributed by atoms with van der Waals surface area (Å²) in [5, 5.41) is 3.73. The van der Waals surface area contributed by atoms with E-state index in [-0.39, 0.29) is 11.2 Å². The molecule has 0 aromatic rings. The van der Waals surface area contributed by atoms with Crippen molar-refractivity contribution in [3.8, 4) is 0 Å². The monoisotopic (exact) mass is 315 g/mol. The van der Waals surface area contributed by atoms with Crippen LogP contribution in [0.15, 0.2) is 0 Å². The molecule has 2 fully saturated rings. The molecule has 1 N–H and O–H groups in total. The molecule has 0 bridgehead atoms. The van der Waals surface area contributed by atoms with Gasteiger partial charge in [0.25, 0.3) is 0 Å². The minimum atomic E-state index is -0.0573. The minimum Gasteiger partial charge on any atom is -0.374 e. The Labute approximate surface area is 134 Å². The van der Waals surface area contributed by atoms with Crippen LogP contribution in [0, 0.1) is 5.92 Å². The summed E-state index contributed by atoms with van der Waals surface area (Å²) in [6.07, 6.45) is 4.78. The zero-order chi connectivity index (χ0) is 15.3. The highest BCUT2D eigenvalue weighted by Gasteiger charge is 2.42. The van der Waals surface area contributed by atoms with Gasteiger partial charge in [-0.25, -0.2) is 0 Å². The van der Waals surface area contributed by atoms with Crippen molar-refractivity contribution in [3.63, 3.8) is 0 Å². The number of ether oxygens (including phenoxy) is 2. The number of rotatable bonds is 6.